The normalized spacial score (nSPS) is 17.4. The van der Waals surface area contributed by atoms with Gasteiger partial charge in [0, 0.05) is 19.3 Å². The summed E-state index contributed by atoms with van der Waals surface area (Å²) < 4.78 is 1.66. The van der Waals surface area contributed by atoms with Crippen LogP contribution in [0.3, 0.4) is 0 Å². The number of carbonyl (C=O) groups excluding carboxylic acids is 1. The summed E-state index contributed by atoms with van der Waals surface area (Å²) in [4.78, 5) is 11.9. The second kappa shape index (κ2) is 5.36. The first kappa shape index (κ1) is 12.7. The number of anilines is 1. The summed E-state index contributed by atoms with van der Waals surface area (Å²) in [5, 5.41) is 9.85. The van der Waals surface area contributed by atoms with Crippen LogP contribution in [-0.2, 0) is 19.9 Å². The second-order valence-electron chi connectivity index (χ2n) is 5.21. The van der Waals surface area contributed by atoms with E-state index in [1.54, 1.807) is 17.1 Å². The number of aryl methyl sites for hydroxylation is 2. The Kier molecular flexibility index (Phi) is 3.41. The van der Waals surface area contributed by atoms with Crippen molar-refractivity contribution in [2.75, 3.05) is 5.32 Å². The molecule has 0 aliphatic heterocycles. The van der Waals surface area contributed by atoms with Gasteiger partial charge in [0.15, 0.2) is 0 Å². The average Bonchev–Trinajstić information content (AvgIpc) is 2.83. The maximum Gasteiger partial charge on any atom is 0.319 e. The van der Waals surface area contributed by atoms with Crippen molar-refractivity contribution in [1.29, 1.82) is 0 Å². The molecule has 0 fully saturated rings. The first-order valence-corrected chi connectivity index (χ1v) is 6.83. The van der Waals surface area contributed by atoms with Gasteiger partial charge in [0.25, 0.3) is 0 Å². The number of fused-ring (bicyclic) bond motifs is 1. The molecule has 0 saturated heterocycles. The summed E-state index contributed by atoms with van der Waals surface area (Å²) >= 11 is 0. The number of amides is 2. The summed E-state index contributed by atoms with van der Waals surface area (Å²) in [7, 11) is 1.82. The molecule has 1 atom stereocenters. The molecule has 0 radical (unpaired) electrons. The minimum atomic E-state index is -0.164. The summed E-state index contributed by atoms with van der Waals surface area (Å²) in [6.07, 6.45) is 6.31. The van der Waals surface area contributed by atoms with Crippen LogP contribution in [-0.4, -0.2) is 21.9 Å². The van der Waals surface area contributed by atoms with Crippen LogP contribution in [0.5, 0.6) is 0 Å². The molecule has 2 N–H and O–H groups in total. The third-order valence-electron chi connectivity index (χ3n) is 3.64. The minimum Gasteiger partial charge on any atom is -0.335 e. The largest absolute Gasteiger partial charge is 0.335 e. The predicted octanol–water partition coefficient (Wildman–Crippen LogP) is 2.10. The zero-order chi connectivity index (χ0) is 13.9. The third kappa shape index (κ3) is 2.82. The first-order valence-electron chi connectivity index (χ1n) is 6.83. The molecule has 0 saturated carbocycles. The highest BCUT2D eigenvalue weighted by Crippen LogP contribution is 2.21. The molecular formula is C15H18N4O. The lowest BCUT2D eigenvalue weighted by atomic mass is 9.88. The highest BCUT2D eigenvalue weighted by atomic mass is 16.2. The van der Waals surface area contributed by atoms with E-state index in [-0.39, 0.29) is 12.1 Å². The first-order chi connectivity index (χ1) is 9.70. The van der Waals surface area contributed by atoms with E-state index in [0.717, 1.165) is 19.3 Å². The molecule has 1 aliphatic rings. The van der Waals surface area contributed by atoms with Gasteiger partial charge < -0.3 is 10.6 Å². The Morgan fingerprint density at radius 1 is 1.35 bits per heavy atom. The topological polar surface area (TPSA) is 59.0 Å². The Morgan fingerprint density at radius 2 is 2.15 bits per heavy atom. The number of benzene rings is 1. The van der Waals surface area contributed by atoms with Crippen LogP contribution in [0.15, 0.2) is 36.7 Å². The molecule has 0 spiro atoms. The number of nitrogens with zero attached hydrogens (tertiary/aromatic N) is 2. The van der Waals surface area contributed by atoms with Gasteiger partial charge in [0.05, 0.1) is 11.9 Å². The number of urea groups is 1. The molecule has 1 aromatic heterocycles. The average molecular weight is 270 g/mol. The third-order valence-corrected chi connectivity index (χ3v) is 3.64. The molecule has 0 bridgehead atoms. The molecule has 20 heavy (non-hydrogen) atoms. The van der Waals surface area contributed by atoms with Crippen LogP contribution in [0.1, 0.15) is 17.5 Å². The van der Waals surface area contributed by atoms with E-state index in [2.05, 4.69) is 40.0 Å². The number of hydrogen-bond acceptors (Lipinski definition) is 2. The number of carbonyl (C=O) groups is 1. The van der Waals surface area contributed by atoms with Gasteiger partial charge in [-0.25, -0.2) is 4.79 Å². The molecule has 1 aliphatic carbocycles. The van der Waals surface area contributed by atoms with E-state index in [0.29, 0.717) is 5.69 Å². The van der Waals surface area contributed by atoms with Crippen molar-refractivity contribution in [1.82, 2.24) is 15.1 Å². The SMILES string of the molecule is Cn1cc(NC(=O)N[C@H]2CCc3ccccc3C2)cn1. The van der Waals surface area contributed by atoms with Crippen molar-refractivity contribution in [2.45, 2.75) is 25.3 Å². The lowest BCUT2D eigenvalue weighted by molar-refractivity contribution is 0.247. The molecule has 2 aromatic rings. The lowest BCUT2D eigenvalue weighted by Gasteiger charge is -2.25. The van der Waals surface area contributed by atoms with Gasteiger partial charge in [-0.05, 0) is 30.4 Å². The molecule has 1 heterocycles. The van der Waals surface area contributed by atoms with Crippen molar-refractivity contribution in [3.05, 3.63) is 47.8 Å². The maximum absolute atomic E-state index is 11.9. The van der Waals surface area contributed by atoms with Crippen LogP contribution in [0, 0.1) is 0 Å². The smallest absolute Gasteiger partial charge is 0.319 e. The van der Waals surface area contributed by atoms with Crippen molar-refractivity contribution in [3.63, 3.8) is 0 Å². The monoisotopic (exact) mass is 270 g/mol. The summed E-state index contributed by atoms with van der Waals surface area (Å²) in [6, 6.07) is 8.46. The molecular weight excluding hydrogens is 252 g/mol. The van der Waals surface area contributed by atoms with E-state index in [9.17, 15) is 4.79 Å². The number of rotatable bonds is 2. The fourth-order valence-corrected chi connectivity index (χ4v) is 2.66. The fourth-order valence-electron chi connectivity index (χ4n) is 2.66. The molecule has 104 valence electrons. The van der Waals surface area contributed by atoms with Crippen LogP contribution in [0.25, 0.3) is 0 Å². The molecule has 5 nitrogen and oxygen atoms in total. The summed E-state index contributed by atoms with van der Waals surface area (Å²) in [5.41, 5.74) is 3.45. The van der Waals surface area contributed by atoms with Crippen LogP contribution in [0.4, 0.5) is 10.5 Å². The quantitative estimate of drug-likeness (QED) is 0.878. The molecule has 5 heteroatoms. The van der Waals surface area contributed by atoms with Gasteiger partial charge in [0.2, 0.25) is 0 Å². The van der Waals surface area contributed by atoms with Gasteiger partial charge >= 0.3 is 6.03 Å². The summed E-state index contributed by atoms with van der Waals surface area (Å²) in [6.45, 7) is 0. The number of nitrogens with one attached hydrogen (secondary N) is 2. The van der Waals surface area contributed by atoms with Gasteiger partial charge in [0.1, 0.15) is 0 Å². The lowest BCUT2D eigenvalue weighted by Crippen LogP contribution is -2.41. The number of aromatic nitrogens is 2. The Balaban J connectivity index is 1.58. The molecule has 2 amide bonds. The maximum atomic E-state index is 11.9. The van der Waals surface area contributed by atoms with Crippen LogP contribution >= 0.6 is 0 Å². The Labute approximate surface area is 118 Å². The predicted molar refractivity (Wildman–Crippen MR) is 77.6 cm³/mol. The summed E-state index contributed by atoms with van der Waals surface area (Å²) in [5.74, 6) is 0. The highest BCUT2D eigenvalue weighted by Gasteiger charge is 2.19. The van der Waals surface area contributed by atoms with E-state index in [1.807, 2.05) is 7.05 Å². The molecule has 3 rings (SSSR count). The molecule has 1 aromatic carbocycles. The van der Waals surface area contributed by atoms with Gasteiger partial charge in [-0.2, -0.15) is 5.10 Å². The van der Waals surface area contributed by atoms with Crippen LogP contribution < -0.4 is 10.6 Å². The van der Waals surface area contributed by atoms with Crippen molar-refractivity contribution in [2.24, 2.45) is 7.05 Å². The van der Waals surface area contributed by atoms with E-state index >= 15 is 0 Å². The highest BCUT2D eigenvalue weighted by molar-refractivity contribution is 5.89. The van der Waals surface area contributed by atoms with Crippen molar-refractivity contribution < 1.29 is 4.79 Å². The minimum absolute atomic E-state index is 0.164. The van der Waals surface area contributed by atoms with E-state index in [1.165, 1.54) is 11.1 Å². The van der Waals surface area contributed by atoms with Gasteiger partial charge in [-0.3, -0.25) is 4.68 Å². The van der Waals surface area contributed by atoms with Gasteiger partial charge in [-0.1, -0.05) is 24.3 Å². The van der Waals surface area contributed by atoms with Gasteiger partial charge in [-0.15, -0.1) is 0 Å². The van der Waals surface area contributed by atoms with E-state index in [4.69, 9.17) is 0 Å². The second-order valence-corrected chi connectivity index (χ2v) is 5.21. The van der Waals surface area contributed by atoms with Crippen LogP contribution in [0.2, 0.25) is 0 Å². The Hall–Kier alpha value is -2.30. The zero-order valence-electron chi connectivity index (χ0n) is 11.5. The van der Waals surface area contributed by atoms with E-state index < -0.39 is 0 Å². The van der Waals surface area contributed by atoms with Crippen molar-refractivity contribution >= 4 is 11.7 Å². The fraction of sp³-hybridized carbons (Fsp3) is 0.333. The standard InChI is InChI=1S/C15H18N4O/c1-19-10-14(9-16-19)18-15(20)17-13-7-6-11-4-2-3-5-12(11)8-13/h2-5,9-10,13H,6-8H2,1H3,(H2,17,18,20)/t13-/m0/s1. The van der Waals surface area contributed by atoms with Crippen molar-refractivity contribution in [3.8, 4) is 0 Å². The number of hydrogen-bond donors (Lipinski definition) is 2. The molecule has 0 unspecified atom stereocenters. The zero-order valence-corrected chi connectivity index (χ0v) is 11.5. The Bertz CT molecular complexity index is 620. The Morgan fingerprint density at radius 3 is 2.90 bits per heavy atom.